The zero-order valence-electron chi connectivity index (χ0n) is 13.2. The smallest absolute Gasteiger partial charge is 0.225 e. The monoisotopic (exact) mass is 339 g/mol. The fourth-order valence-electron chi connectivity index (χ4n) is 2.10. The predicted molar refractivity (Wildman–Crippen MR) is 94.3 cm³/mol. The van der Waals surface area contributed by atoms with Crippen molar-refractivity contribution in [1.82, 2.24) is 20.2 Å². The van der Waals surface area contributed by atoms with Gasteiger partial charge in [0.1, 0.15) is 0 Å². The summed E-state index contributed by atoms with van der Waals surface area (Å²) in [6, 6.07) is 17.4. The summed E-state index contributed by atoms with van der Waals surface area (Å²) in [5, 5.41) is 15.3. The van der Waals surface area contributed by atoms with Gasteiger partial charge in [-0.05, 0) is 41.6 Å². The van der Waals surface area contributed by atoms with Crippen LogP contribution in [-0.4, -0.2) is 31.9 Å². The van der Waals surface area contributed by atoms with Crippen LogP contribution in [0.5, 0.6) is 0 Å². The molecule has 122 valence electrons. The van der Waals surface area contributed by atoms with Gasteiger partial charge in [0.15, 0.2) is 0 Å². The molecule has 0 spiro atoms. The molecule has 0 aliphatic rings. The number of benzene rings is 2. The number of hydrogen-bond donors (Lipinski definition) is 1. The van der Waals surface area contributed by atoms with Crippen molar-refractivity contribution in [2.24, 2.45) is 0 Å². The molecule has 0 radical (unpaired) electrons. The first-order valence-corrected chi connectivity index (χ1v) is 8.54. The number of rotatable bonds is 6. The topological polar surface area (TPSA) is 72.7 Å². The van der Waals surface area contributed by atoms with Crippen LogP contribution >= 0.6 is 11.8 Å². The zero-order valence-corrected chi connectivity index (χ0v) is 14.0. The van der Waals surface area contributed by atoms with Crippen molar-refractivity contribution in [1.29, 1.82) is 0 Å². The fraction of sp³-hybridized carbons (Fsp3) is 0.176. The van der Waals surface area contributed by atoms with Crippen LogP contribution in [0.25, 0.3) is 5.69 Å². The molecule has 6 nitrogen and oxygen atoms in total. The molecule has 0 aliphatic heterocycles. The van der Waals surface area contributed by atoms with E-state index in [4.69, 9.17) is 0 Å². The molecule has 2 aromatic carbocycles. The minimum absolute atomic E-state index is 0.0231. The molecule has 1 amide bonds. The number of nitrogens with one attached hydrogen (secondary N) is 1. The average molecular weight is 339 g/mol. The molecule has 3 rings (SSSR count). The molecule has 7 heteroatoms. The molecule has 0 atom stereocenters. The van der Waals surface area contributed by atoms with Crippen LogP contribution < -0.4 is 5.32 Å². The van der Waals surface area contributed by atoms with Crippen molar-refractivity contribution in [3.05, 3.63) is 60.2 Å². The lowest BCUT2D eigenvalue weighted by molar-refractivity contribution is -0.115. The Kier molecular flexibility index (Phi) is 5.22. The Morgan fingerprint density at radius 1 is 1.12 bits per heavy atom. The molecule has 24 heavy (non-hydrogen) atoms. The molecule has 1 aromatic heterocycles. The summed E-state index contributed by atoms with van der Waals surface area (Å²) in [4.78, 5) is 12.0. The van der Waals surface area contributed by atoms with E-state index >= 15 is 0 Å². The number of aryl methyl sites for hydroxylation is 1. The molecule has 0 saturated carbocycles. The molecule has 0 saturated heterocycles. The minimum atomic E-state index is -0.0231. The number of thioether (sulfide) groups is 1. The minimum Gasteiger partial charge on any atom is -0.326 e. The van der Waals surface area contributed by atoms with Gasteiger partial charge in [0, 0.05) is 17.9 Å². The molecule has 0 fully saturated rings. The number of anilines is 1. The van der Waals surface area contributed by atoms with Crippen LogP contribution in [-0.2, 0) is 4.79 Å². The first-order chi connectivity index (χ1) is 11.7. The Balaban J connectivity index is 1.53. The normalized spacial score (nSPS) is 10.5. The first-order valence-electron chi connectivity index (χ1n) is 7.55. The summed E-state index contributed by atoms with van der Waals surface area (Å²) in [5.74, 6) is 0.579. The number of aromatic nitrogens is 4. The van der Waals surface area contributed by atoms with Crippen molar-refractivity contribution in [2.75, 3.05) is 11.1 Å². The van der Waals surface area contributed by atoms with Gasteiger partial charge in [-0.15, -0.1) is 5.10 Å². The van der Waals surface area contributed by atoms with E-state index in [0.717, 1.165) is 16.9 Å². The summed E-state index contributed by atoms with van der Waals surface area (Å²) < 4.78 is 1.67. The van der Waals surface area contributed by atoms with E-state index in [0.29, 0.717) is 17.3 Å². The standard InChI is InChI=1S/C17H17N5OS/c1-13-7-9-14(10-8-13)18-16(23)11-12-24-17-19-20-21-22(17)15-5-3-2-4-6-15/h2-10H,11-12H2,1H3,(H,18,23). The lowest BCUT2D eigenvalue weighted by Crippen LogP contribution is -2.12. The number of carbonyl (C=O) groups is 1. The second kappa shape index (κ2) is 7.74. The highest BCUT2D eigenvalue weighted by atomic mass is 32.2. The summed E-state index contributed by atoms with van der Waals surface area (Å²) in [6.45, 7) is 2.01. The lowest BCUT2D eigenvalue weighted by atomic mass is 10.2. The van der Waals surface area contributed by atoms with Gasteiger partial charge in [-0.3, -0.25) is 4.79 Å². The van der Waals surface area contributed by atoms with E-state index in [2.05, 4.69) is 20.8 Å². The largest absolute Gasteiger partial charge is 0.326 e. The zero-order chi connectivity index (χ0) is 16.8. The molecule has 0 unspecified atom stereocenters. The van der Waals surface area contributed by atoms with Crippen LogP contribution in [0.15, 0.2) is 59.8 Å². The number of hydrogen-bond acceptors (Lipinski definition) is 5. The molecular weight excluding hydrogens is 322 g/mol. The molecule has 1 heterocycles. The summed E-state index contributed by atoms with van der Waals surface area (Å²) in [5.41, 5.74) is 2.87. The number of nitrogens with zero attached hydrogens (tertiary/aromatic N) is 4. The van der Waals surface area contributed by atoms with E-state index < -0.39 is 0 Å². The van der Waals surface area contributed by atoms with E-state index in [9.17, 15) is 4.79 Å². The van der Waals surface area contributed by atoms with Gasteiger partial charge in [0.25, 0.3) is 0 Å². The van der Waals surface area contributed by atoms with Gasteiger partial charge in [0.05, 0.1) is 5.69 Å². The van der Waals surface area contributed by atoms with Crippen LogP contribution in [0.3, 0.4) is 0 Å². The second-order valence-corrected chi connectivity index (χ2v) is 6.28. The third kappa shape index (κ3) is 4.20. The average Bonchev–Trinajstić information content (AvgIpc) is 3.06. The molecule has 0 aliphatic carbocycles. The van der Waals surface area contributed by atoms with Gasteiger partial charge < -0.3 is 5.32 Å². The van der Waals surface area contributed by atoms with E-state index in [1.165, 1.54) is 11.8 Å². The maximum atomic E-state index is 12.0. The highest BCUT2D eigenvalue weighted by Gasteiger charge is 2.10. The maximum absolute atomic E-state index is 12.0. The Morgan fingerprint density at radius 2 is 1.88 bits per heavy atom. The Bertz CT molecular complexity index is 801. The lowest BCUT2D eigenvalue weighted by Gasteiger charge is -2.06. The number of amides is 1. The molecular formula is C17H17N5OS. The molecule has 3 aromatic rings. The molecule has 1 N–H and O–H groups in total. The van der Waals surface area contributed by atoms with Crippen molar-refractivity contribution in [3.63, 3.8) is 0 Å². The Labute approximate surface area is 144 Å². The second-order valence-electron chi connectivity index (χ2n) is 5.22. The molecule has 0 bridgehead atoms. The van der Waals surface area contributed by atoms with Crippen molar-refractivity contribution >= 4 is 23.4 Å². The van der Waals surface area contributed by atoms with Gasteiger partial charge in [0.2, 0.25) is 11.1 Å². The summed E-state index contributed by atoms with van der Waals surface area (Å²) in [6.07, 6.45) is 0.389. The van der Waals surface area contributed by atoms with Gasteiger partial charge in [-0.2, -0.15) is 4.68 Å². The Hall–Kier alpha value is -2.67. The first kappa shape index (κ1) is 16.2. The van der Waals surface area contributed by atoms with Gasteiger partial charge >= 0.3 is 0 Å². The third-order valence-electron chi connectivity index (χ3n) is 3.34. The van der Waals surface area contributed by atoms with Crippen LogP contribution in [0.4, 0.5) is 5.69 Å². The van der Waals surface area contributed by atoms with Crippen molar-refractivity contribution in [3.8, 4) is 5.69 Å². The highest BCUT2D eigenvalue weighted by Crippen LogP contribution is 2.19. The van der Waals surface area contributed by atoms with E-state index in [-0.39, 0.29) is 5.91 Å². The number of tetrazole rings is 1. The fourth-order valence-corrected chi connectivity index (χ4v) is 2.92. The van der Waals surface area contributed by atoms with Crippen LogP contribution in [0.2, 0.25) is 0 Å². The van der Waals surface area contributed by atoms with Crippen molar-refractivity contribution < 1.29 is 4.79 Å². The summed E-state index contributed by atoms with van der Waals surface area (Å²) in [7, 11) is 0. The number of para-hydroxylation sites is 1. The van der Waals surface area contributed by atoms with Gasteiger partial charge in [-0.25, -0.2) is 0 Å². The van der Waals surface area contributed by atoms with Crippen molar-refractivity contribution in [2.45, 2.75) is 18.5 Å². The van der Waals surface area contributed by atoms with E-state index in [1.807, 2.05) is 61.5 Å². The maximum Gasteiger partial charge on any atom is 0.225 e. The van der Waals surface area contributed by atoms with Crippen LogP contribution in [0.1, 0.15) is 12.0 Å². The van der Waals surface area contributed by atoms with Crippen LogP contribution in [0, 0.1) is 6.92 Å². The third-order valence-corrected chi connectivity index (χ3v) is 4.26. The Morgan fingerprint density at radius 3 is 2.62 bits per heavy atom. The predicted octanol–water partition coefficient (Wildman–Crippen LogP) is 3.09. The van der Waals surface area contributed by atoms with E-state index in [1.54, 1.807) is 4.68 Å². The summed E-state index contributed by atoms with van der Waals surface area (Å²) >= 11 is 1.46. The number of carbonyl (C=O) groups excluding carboxylic acids is 1. The highest BCUT2D eigenvalue weighted by molar-refractivity contribution is 7.99. The quantitative estimate of drug-likeness (QED) is 0.699. The van der Waals surface area contributed by atoms with Gasteiger partial charge in [-0.1, -0.05) is 47.7 Å². The SMILES string of the molecule is Cc1ccc(NC(=O)CCSc2nnnn2-c2ccccc2)cc1.